The molecule has 0 radical (unpaired) electrons. The molecular formula is C22H30N2O3. The molecule has 2 aromatic carbocycles. The van der Waals surface area contributed by atoms with E-state index in [1.165, 1.54) is 0 Å². The average molecular weight is 370 g/mol. The number of hydrogen-bond donors (Lipinski definition) is 1. The molecule has 5 nitrogen and oxygen atoms in total. The van der Waals surface area contributed by atoms with Gasteiger partial charge in [-0.3, -0.25) is 9.69 Å². The van der Waals surface area contributed by atoms with E-state index in [1.807, 2.05) is 30.3 Å². The van der Waals surface area contributed by atoms with Crippen LogP contribution in [0.1, 0.15) is 38.1 Å². The highest BCUT2D eigenvalue weighted by Crippen LogP contribution is 2.30. The third-order valence-electron chi connectivity index (χ3n) is 4.39. The van der Waals surface area contributed by atoms with Crippen LogP contribution >= 0.6 is 0 Å². The third kappa shape index (κ3) is 6.00. The molecule has 1 N–H and O–H groups in total. The quantitative estimate of drug-likeness (QED) is 0.709. The van der Waals surface area contributed by atoms with Crippen LogP contribution in [0.5, 0.6) is 11.5 Å². The Hall–Kier alpha value is -2.53. The molecule has 0 aromatic heterocycles. The van der Waals surface area contributed by atoms with Crippen molar-refractivity contribution in [2.75, 3.05) is 25.6 Å². The first-order valence-electron chi connectivity index (χ1n) is 9.35. The normalized spacial score (nSPS) is 11.1. The second-order valence-electron chi connectivity index (χ2n) is 6.96. The molecule has 0 unspecified atom stereocenters. The number of methoxy groups -OCH3 is 1. The molecule has 0 aliphatic heterocycles. The van der Waals surface area contributed by atoms with Crippen LogP contribution in [0.3, 0.4) is 0 Å². The summed E-state index contributed by atoms with van der Waals surface area (Å²) in [4.78, 5) is 14.7. The van der Waals surface area contributed by atoms with E-state index in [0.29, 0.717) is 41.4 Å². The molecular weight excluding hydrogens is 340 g/mol. The first kappa shape index (κ1) is 20.8. The van der Waals surface area contributed by atoms with Crippen LogP contribution < -0.4 is 14.8 Å². The smallest absolute Gasteiger partial charge is 0.255 e. The van der Waals surface area contributed by atoms with Gasteiger partial charge in [0.2, 0.25) is 0 Å². The monoisotopic (exact) mass is 370 g/mol. The molecule has 2 rings (SSSR count). The average Bonchev–Trinajstić information content (AvgIpc) is 2.65. The highest BCUT2D eigenvalue weighted by Gasteiger charge is 2.14. The van der Waals surface area contributed by atoms with Crippen LogP contribution in [0.2, 0.25) is 0 Å². The van der Waals surface area contributed by atoms with E-state index in [9.17, 15) is 4.79 Å². The van der Waals surface area contributed by atoms with E-state index in [1.54, 1.807) is 25.3 Å². The van der Waals surface area contributed by atoms with Crippen molar-refractivity contribution >= 4 is 11.6 Å². The van der Waals surface area contributed by atoms with Crippen molar-refractivity contribution in [3.05, 3.63) is 54.1 Å². The van der Waals surface area contributed by atoms with Crippen molar-refractivity contribution in [1.82, 2.24) is 4.90 Å². The first-order chi connectivity index (χ1) is 12.9. The summed E-state index contributed by atoms with van der Waals surface area (Å²) < 4.78 is 11.4. The molecule has 27 heavy (non-hydrogen) atoms. The van der Waals surface area contributed by atoms with Gasteiger partial charge in [0.1, 0.15) is 6.61 Å². The van der Waals surface area contributed by atoms with E-state index < -0.39 is 0 Å². The fraction of sp³-hybridized carbons (Fsp3) is 0.409. The molecule has 1 amide bonds. The predicted octanol–water partition coefficient (Wildman–Crippen LogP) is 4.45. The fourth-order valence-electron chi connectivity index (χ4n) is 3.03. The van der Waals surface area contributed by atoms with E-state index in [4.69, 9.17) is 9.47 Å². The van der Waals surface area contributed by atoms with Crippen molar-refractivity contribution in [2.45, 2.75) is 39.8 Å². The van der Waals surface area contributed by atoms with Crippen LogP contribution in [0.15, 0.2) is 48.5 Å². The van der Waals surface area contributed by atoms with Crippen molar-refractivity contribution in [3.8, 4) is 11.5 Å². The molecule has 2 aromatic rings. The topological polar surface area (TPSA) is 50.8 Å². The van der Waals surface area contributed by atoms with Gasteiger partial charge in [-0.25, -0.2) is 0 Å². The molecule has 0 saturated carbocycles. The maximum Gasteiger partial charge on any atom is 0.255 e. The summed E-state index contributed by atoms with van der Waals surface area (Å²) in [5, 5.41) is 2.88. The summed E-state index contributed by atoms with van der Waals surface area (Å²) in [6.07, 6.45) is 0. The van der Waals surface area contributed by atoms with Crippen LogP contribution in [0.4, 0.5) is 5.69 Å². The maximum atomic E-state index is 12.3. The Kier molecular flexibility index (Phi) is 7.67. The van der Waals surface area contributed by atoms with Crippen molar-refractivity contribution in [1.29, 1.82) is 0 Å². The second-order valence-corrected chi connectivity index (χ2v) is 6.96. The van der Waals surface area contributed by atoms with Gasteiger partial charge in [-0.05, 0) is 52.0 Å². The van der Waals surface area contributed by atoms with Crippen molar-refractivity contribution < 1.29 is 14.3 Å². The van der Waals surface area contributed by atoms with Gasteiger partial charge in [0.25, 0.3) is 5.91 Å². The minimum Gasteiger partial charge on any atom is -0.493 e. The van der Waals surface area contributed by atoms with Gasteiger partial charge in [-0.1, -0.05) is 18.2 Å². The zero-order valence-corrected chi connectivity index (χ0v) is 16.9. The lowest BCUT2D eigenvalue weighted by Gasteiger charge is -2.30. The number of ether oxygens (including phenoxy) is 2. The Morgan fingerprint density at radius 1 is 1.00 bits per heavy atom. The summed E-state index contributed by atoms with van der Waals surface area (Å²) in [6.45, 7) is 10.2. The summed E-state index contributed by atoms with van der Waals surface area (Å²) in [5.41, 5.74) is 1.28. The zero-order valence-electron chi connectivity index (χ0n) is 16.9. The molecule has 0 heterocycles. The Balaban J connectivity index is 2.00. The lowest BCUT2D eigenvalue weighted by Crippen LogP contribution is -2.39. The van der Waals surface area contributed by atoms with Crippen molar-refractivity contribution in [2.24, 2.45) is 0 Å². The highest BCUT2D eigenvalue weighted by atomic mass is 16.5. The number of carbonyl (C=O) groups is 1. The second kappa shape index (κ2) is 9.97. The van der Waals surface area contributed by atoms with Gasteiger partial charge in [-0.2, -0.15) is 0 Å². The zero-order chi connectivity index (χ0) is 19.8. The molecule has 0 atom stereocenters. The van der Waals surface area contributed by atoms with Crippen LogP contribution in [0, 0.1) is 0 Å². The van der Waals surface area contributed by atoms with E-state index in [-0.39, 0.29) is 5.91 Å². The number of anilines is 1. The minimum absolute atomic E-state index is 0.157. The summed E-state index contributed by atoms with van der Waals surface area (Å²) in [5.74, 6) is 1.11. The Morgan fingerprint density at radius 3 is 2.26 bits per heavy atom. The SMILES string of the molecule is COc1cc(NC(=O)c2ccccc2)ccc1OCCN(C(C)C)C(C)C. The number of rotatable bonds is 9. The van der Waals surface area contributed by atoms with Crippen molar-refractivity contribution in [3.63, 3.8) is 0 Å². The number of nitrogens with zero attached hydrogens (tertiary/aromatic N) is 1. The van der Waals surface area contributed by atoms with Gasteiger partial charge in [0.15, 0.2) is 11.5 Å². The predicted molar refractivity (Wildman–Crippen MR) is 110 cm³/mol. The molecule has 0 aliphatic carbocycles. The van der Waals surface area contributed by atoms with Gasteiger partial charge in [0.05, 0.1) is 7.11 Å². The molecule has 0 bridgehead atoms. The lowest BCUT2D eigenvalue weighted by atomic mass is 10.2. The Labute approximate surface area is 162 Å². The summed E-state index contributed by atoms with van der Waals surface area (Å²) >= 11 is 0. The Morgan fingerprint density at radius 2 is 1.67 bits per heavy atom. The van der Waals surface area contributed by atoms with Crippen LogP contribution in [-0.2, 0) is 0 Å². The molecule has 0 saturated heterocycles. The fourth-order valence-corrected chi connectivity index (χ4v) is 3.03. The van der Waals surface area contributed by atoms with Gasteiger partial charge < -0.3 is 14.8 Å². The number of amides is 1. The van der Waals surface area contributed by atoms with Crippen LogP contribution in [0.25, 0.3) is 0 Å². The number of hydrogen-bond acceptors (Lipinski definition) is 4. The number of benzene rings is 2. The molecule has 0 aliphatic rings. The van der Waals surface area contributed by atoms with Gasteiger partial charge in [0, 0.05) is 35.9 Å². The summed E-state index contributed by atoms with van der Waals surface area (Å²) in [6, 6.07) is 15.5. The van der Waals surface area contributed by atoms with E-state index in [2.05, 4.69) is 37.9 Å². The van der Waals surface area contributed by atoms with Crippen LogP contribution in [-0.4, -0.2) is 43.2 Å². The first-order valence-corrected chi connectivity index (χ1v) is 9.35. The van der Waals surface area contributed by atoms with Gasteiger partial charge in [-0.15, -0.1) is 0 Å². The third-order valence-corrected chi connectivity index (χ3v) is 4.39. The van der Waals surface area contributed by atoms with E-state index >= 15 is 0 Å². The Bertz CT molecular complexity index is 722. The standard InChI is InChI=1S/C22H30N2O3/c1-16(2)24(17(3)4)13-14-27-20-12-11-19(15-21(20)26-5)23-22(25)18-9-7-6-8-10-18/h6-12,15-17H,13-14H2,1-5H3,(H,23,25). The molecule has 5 heteroatoms. The number of carbonyl (C=O) groups excluding carboxylic acids is 1. The van der Waals surface area contributed by atoms with Gasteiger partial charge >= 0.3 is 0 Å². The molecule has 146 valence electrons. The summed E-state index contributed by atoms with van der Waals surface area (Å²) in [7, 11) is 1.60. The lowest BCUT2D eigenvalue weighted by molar-refractivity contribution is 0.102. The number of nitrogens with one attached hydrogen (secondary N) is 1. The molecule has 0 spiro atoms. The van der Waals surface area contributed by atoms with E-state index in [0.717, 1.165) is 6.54 Å². The maximum absolute atomic E-state index is 12.3. The minimum atomic E-state index is -0.157. The largest absolute Gasteiger partial charge is 0.493 e. The highest BCUT2D eigenvalue weighted by molar-refractivity contribution is 6.04. The molecule has 0 fully saturated rings.